The highest BCUT2D eigenvalue weighted by atomic mass is 19.1. The van der Waals surface area contributed by atoms with Gasteiger partial charge in [0.15, 0.2) is 0 Å². The summed E-state index contributed by atoms with van der Waals surface area (Å²) in [6.45, 7) is 16.8. The molecule has 0 radical (unpaired) electrons. The van der Waals surface area contributed by atoms with E-state index in [2.05, 4.69) is 4.90 Å². The van der Waals surface area contributed by atoms with E-state index in [1.54, 1.807) is 31.2 Å². The zero-order valence-corrected chi connectivity index (χ0v) is 22.3. The molecule has 0 spiro atoms. The summed E-state index contributed by atoms with van der Waals surface area (Å²) in [6.07, 6.45) is 2.90. The van der Waals surface area contributed by atoms with Crippen molar-refractivity contribution >= 4 is 5.91 Å². The molecule has 2 saturated heterocycles. The van der Waals surface area contributed by atoms with Gasteiger partial charge in [0.1, 0.15) is 11.6 Å². The summed E-state index contributed by atoms with van der Waals surface area (Å²) in [5, 5.41) is 9.46. The van der Waals surface area contributed by atoms with E-state index in [1.165, 1.54) is 5.56 Å². The zero-order chi connectivity index (χ0) is 25.7. The largest absolute Gasteiger partial charge is 0.508 e. The van der Waals surface area contributed by atoms with E-state index < -0.39 is 0 Å². The first-order chi connectivity index (χ1) is 16.5. The molecule has 34 heavy (non-hydrogen) atoms. The number of carbonyl (C=O) groups is 1. The number of aryl methyl sites for hydroxylation is 1. The highest BCUT2D eigenvalue weighted by Crippen LogP contribution is 2.31. The number of phenolic OH excluding ortho intramolecular Hbond substituents is 1. The Kier molecular flexibility index (Phi) is 13.5. The number of halogens is 1. The first kappa shape index (κ1) is 29.6. The van der Waals surface area contributed by atoms with Gasteiger partial charge in [-0.15, -0.1) is 0 Å². The molecule has 2 aliphatic rings. The molecule has 4 rings (SSSR count). The van der Waals surface area contributed by atoms with Gasteiger partial charge in [0.2, 0.25) is 5.91 Å². The number of aromatic hydroxyl groups is 1. The highest BCUT2D eigenvalue weighted by Gasteiger charge is 2.37. The number of hydrogen-bond donors (Lipinski definition) is 1. The van der Waals surface area contributed by atoms with Crippen molar-refractivity contribution in [3.63, 3.8) is 0 Å². The summed E-state index contributed by atoms with van der Waals surface area (Å²) in [4.78, 5) is 17.1. The zero-order valence-electron chi connectivity index (χ0n) is 22.3. The predicted molar refractivity (Wildman–Crippen MR) is 141 cm³/mol. The molecular weight excluding hydrogens is 427 g/mol. The number of amides is 1. The Bertz CT molecular complexity index is 846. The third-order valence-corrected chi connectivity index (χ3v) is 6.21. The van der Waals surface area contributed by atoms with Crippen LogP contribution in [0.4, 0.5) is 4.39 Å². The number of rotatable bonds is 4. The fourth-order valence-electron chi connectivity index (χ4n) is 4.46. The second kappa shape index (κ2) is 15.5. The van der Waals surface area contributed by atoms with E-state index in [1.807, 2.05) is 64.6 Å². The first-order valence-corrected chi connectivity index (χ1v) is 13.1. The normalized spacial score (nSPS) is 18.2. The molecule has 1 unspecified atom stereocenters. The van der Waals surface area contributed by atoms with Gasteiger partial charge in [0.05, 0.1) is 6.04 Å². The summed E-state index contributed by atoms with van der Waals surface area (Å²) < 4.78 is 13.8. The Hall–Kier alpha value is -2.40. The number of hydrogen-bond acceptors (Lipinski definition) is 3. The number of carbonyl (C=O) groups excluding carboxylic acids is 1. The number of likely N-dealkylation sites (tertiary alicyclic amines) is 2. The number of benzene rings is 2. The minimum Gasteiger partial charge on any atom is -0.508 e. The van der Waals surface area contributed by atoms with Crippen molar-refractivity contribution in [2.75, 3.05) is 19.6 Å². The molecule has 2 aliphatic heterocycles. The molecule has 0 aromatic heterocycles. The fraction of sp³-hybridized carbons (Fsp3) is 0.552. The molecule has 2 aromatic carbocycles. The molecular formula is C29H45FN2O2. The van der Waals surface area contributed by atoms with Crippen LogP contribution >= 0.6 is 0 Å². The van der Waals surface area contributed by atoms with Crippen molar-refractivity contribution in [1.82, 2.24) is 9.80 Å². The van der Waals surface area contributed by atoms with E-state index in [4.69, 9.17) is 0 Å². The van der Waals surface area contributed by atoms with Crippen LogP contribution in [0.2, 0.25) is 0 Å². The molecule has 190 valence electrons. The summed E-state index contributed by atoms with van der Waals surface area (Å²) in [6, 6.07) is 12.7. The second-order valence-electron chi connectivity index (χ2n) is 8.05. The lowest BCUT2D eigenvalue weighted by atomic mass is 9.89. The van der Waals surface area contributed by atoms with Crippen LogP contribution in [0.3, 0.4) is 0 Å². The quantitative estimate of drug-likeness (QED) is 0.526. The summed E-state index contributed by atoms with van der Waals surface area (Å²) in [5.74, 6) is 0.743. The second-order valence-corrected chi connectivity index (χ2v) is 8.05. The lowest BCUT2D eigenvalue weighted by Crippen LogP contribution is -2.45. The Morgan fingerprint density at radius 1 is 0.882 bits per heavy atom. The smallest absolute Gasteiger partial charge is 0.240 e. The van der Waals surface area contributed by atoms with Gasteiger partial charge in [-0.05, 0) is 80.1 Å². The molecule has 1 amide bonds. The van der Waals surface area contributed by atoms with Crippen LogP contribution in [-0.2, 0) is 11.3 Å². The van der Waals surface area contributed by atoms with Crippen molar-refractivity contribution in [2.45, 2.75) is 86.2 Å². The average Bonchev–Trinajstić information content (AvgIpc) is 3.25. The van der Waals surface area contributed by atoms with Gasteiger partial charge in [0, 0.05) is 13.1 Å². The Balaban J connectivity index is 0.000000894. The van der Waals surface area contributed by atoms with Gasteiger partial charge in [-0.25, -0.2) is 4.39 Å². The number of nitrogens with zero attached hydrogens (tertiary/aromatic N) is 2. The average molecular weight is 473 g/mol. The van der Waals surface area contributed by atoms with Gasteiger partial charge in [-0.2, -0.15) is 0 Å². The minimum atomic E-state index is -0.211. The molecule has 5 heteroatoms. The van der Waals surface area contributed by atoms with Gasteiger partial charge in [-0.3, -0.25) is 9.69 Å². The fourth-order valence-corrected chi connectivity index (χ4v) is 4.46. The summed E-state index contributed by atoms with van der Waals surface area (Å²) >= 11 is 0. The van der Waals surface area contributed by atoms with Crippen molar-refractivity contribution in [2.24, 2.45) is 0 Å². The Morgan fingerprint density at radius 2 is 1.47 bits per heavy atom. The van der Waals surface area contributed by atoms with Crippen LogP contribution in [0.1, 0.15) is 83.4 Å². The molecule has 4 nitrogen and oxygen atoms in total. The molecule has 2 fully saturated rings. The van der Waals surface area contributed by atoms with Gasteiger partial charge in [0.25, 0.3) is 0 Å². The van der Waals surface area contributed by atoms with Crippen LogP contribution in [0, 0.1) is 12.7 Å². The molecule has 0 saturated carbocycles. The van der Waals surface area contributed by atoms with Crippen LogP contribution in [0.25, 0.3) is 0 Å². The van der Waals surface area contributed by atoms with Crippen LogP contribution in [0.15, 0.2) is 42.5 Å². The van der Waals surface area contributed by atoms with Crippen molar-refractivity contribution in [3.8, 4) is 5.75 Å². The summed E-state index contributed by atoms with van der Waals surface area (Å²) in [5.41, 5.74) is 2.74. The van der Waals surface area contributed by atoms with E-state index in [-0.39, 0.29) is 17.8 Å². The number of phenols is 1. The highest BCUT2D eigenvalue weighted by molar-refractivity contribution is 5.84. The standard InChI is InChI=1S/C23H27FN2O2.3C2H6/c1-16-2-3-17(14-21(16)24)15-26-13-10-22(23(26)28)25-11-8-19(9-12-25)18-4-6-20(27)7-5-18;3*1-2/h2-7,14,19,22,27H,8-13,15H2,1H3;3*1-2H3. The Morgan fingerprint density at radius 3 is 2.03 bits per heavy atom. The lowest BCUT2D eigenvalue weighted by Gasteiger charge is -2.35. The van der Waals surface area contributed by atoms with Crippen molar-refractivity contribution in [1.29, 1.82) is 0 Å². The minimum absolute atomic E-state index is 0.0453. The van der Waals surface area contributed by atoms with Gasteiger partial charge < -0.3 is 10.0 Å². The van der Waals surface area contributed by atoms with E-state index in [9.17, 15) is 14.3 Å². The Labute approximate surface area is 206 Å². The monoisotopic (exact) mass is 472 g/mol. The molecule has 2 aromatic rings. The van der Waals surface area contributed by atoms with Crippen molar-refractivity contribution < 1.29 is 14.3 Å². The van der Waals surface area contributed by atoms with Crippen LogP contribution in [0.5, 0.6) is 5.75 Å². The molecule has 2 heterocycles. The SMILES string of the molecule is CC.CC.CC.Cc1ccc(CN2CCC(N3CCC(c4ccc(O)cc4)CC3)C2=O)cc1F. The van der Waals surface area contributed by atoms with Crippen LogP contribution in [-0.4, -0.2) is 46.5 Å². The summed E-state index contributed by atoms with van der Waals surface area (Å²) in [7, 11) is 0. The third-order valence-electron chi connectivity index (χ3n) is 6.21. The number of piperidine rings is 1. The van der Waals surface area contributed by atoms with Gasteiger partial charge in [-0.1, -0.05) is 65.8 Å². The maximum Gasteiger partial charge on any atom is 0.240 e. The molecule has 0 bridgehead atoms. The van der Waals surface area contributed by atoms with Crippen molar-refractivity contribution in [3.05, 3.63) is 65.0 Å². The maximum absolute atomic E-state index is 13.8. The molecule has 0 aliphatic carbocycles. The van der Waals surface area contributed by atoms with E-state index >= 15 is 0 Å². The van der Waals surface area contributed by atoms with E-state index in [0.717, 1.165) is 44.5 Å². The van der Waals surface area contributed by atoms with Crippen LogP contribution < -0.4 is 0 Å². The topological polar surface area (TPSA) is 43.8 Å². The third kappa shape index (κ3) is 7.83. The lowest BCUT2D eigenvalue weighted by molar-refractivity contribution is -0.133. The molecule has 1 atom stereocenters. The van der Waals surface area contributed by atoms with E-state index in [0.29, 0.717) is 23.8 Å². The van der Waals surface area contributed by atoms with Gasteiger partial charge >= 0.3 is 0 Å². The molecule has 1 N–H and O–H groups in total. The maximum atomic E-state index is 13.8. The first-order valence-electron chi connectivity index (χ1n) is 13.1. The predicted octanol–water partition coefficient (Wildman–Crippen LogP) is 6.90.